The first kappa shape index (κ1) is 52.6. The van der Waals surface area contributed by atoms with Gasteiger partial charge < -0.3 is 40.7 Å². The number of aromatic nitrogens is 5. The molecule has 10 rings (SSSR count). The van der Waals surface area contributed by atoms with E-state index in [4.69, 9.17) is 32.0 Å². The molecule has 4 aromatic carbocycles. The number of nitriles is 1. The predicted molar refractivity (Wildman–Crippen MR) is 293 cm³/mol. The fraction of sp³-hybridized carbons (Fsp3) is 0.404. The number of amides is 3. The van der Waals surface area contributed by atoms with Gasteiger partial charge in [0.15, 0.2) is 5.82 Å². The number of fused-ring (bicyclic) bond motifs is 2. The molecule has 0 radical (unpaired) electrons. The highest BCUT2D eigenvalue weighted by molar-refractivity contribution is 6.36. The lowest BCUT2D eigenvalue weighted by atomic mass is 9.95. The fourth-order valence-electron chi connectivity index (χ4n) is 11.5. The number of nitrogens with zero attached hydrogens (tertiary/aromatic N) is 11. The molecule has 6 aromatic rings. The zero-order chi connectivity index (χ0) is 54.1. The minimum absolute atomic E-state index is 0.00360. The molecule has 20 heteroatoms. The van der Waals surface area contributed by atoms with E-state index in [-0.39, 0.29) is 77.4 Å². The van der Waals surface area contributed by atoms with Gasteiger partial charge in [-0.1, -0.05) is 68.4 Å². The summed E-state index contributed by atoms with van der Waals surface area (Å²) in [5.74, 6) is -0.435. The first-order chi connectivity index (χ1) is 37.2. The predicted octanol–water partition coefficient (Wildman–Crippen LogP) is 6.32. The monoisotopic (exact) mass is 1060 g/mol. The highest BCUT2D eigenvalue weighted by Crippen LogP contribution is 2.40. The Morgan fingerprint density at radius 3 is 2.44 bits per heavy atom. The zero-order valence-corrected chi connectivity index (χ0v) is 44.4. The third-order valence-electron chi connectivity index (χ3n) is 15.7. The number of rotatable bonds is 15. The van der Waals surface area contributed by atoms with Crippen LogP contribution in [0.3, 0.4) is 0 Å². The second-order valence-electron chi connectivity index (χ2n) is 20.9. The van der Waals surface area contributed by atoms with Gasteiger partial charge in [0.1, 0.15) is 23.9 Å². The van der Waals surface area contributed by atoms with E-state index >= 15 is 0 Å². The maximum Gasteiger partial charge on any atom is 0.318 e. The first-order valence-corrected chi connectivity index (χ1v) is 26.7. The molecule has 19 nitrogen and oxygen atoms in total. The van der Waals surface area contributed by atoms with Gasteiger partial charge in [-0.15, -0.1) is 10.2 Å². The number of nitrogens with two attached hydrogens (primary N) is 1. The Labute approximate surface area is 452 Å². The Morgan fingerprint density at radius 2 is 1.71 bits per heavy atom. The largest absolute Gasteiger partial charge is 0.508 e. The van der Waals surface area contributed by atoms with Crippen molar-refractivity contribution in [2.24, 2.45) is 11.7 Å². The number of phenols is 2. The Bertz CT molecular complexity index is 3260. The molecule has 2 aromatic heterocycles. The summed E-state index contributed by atoms with van der Waals surface area (Å²) in [4.78, 5) is 60.0. The van der Waals surface area contributed by atoms with Crippen molar-refractivity contribution in [2.45, 2.75) is 83.1 Å². The van der Waals surface area contributed by atoms with Crippen LogP contribution in [0, 0.1) is 17.2 Å². The fourth-order valence-corrected chi connectivity index (χ4v) is 11.8. The lowest BCUT2D eigenvalue weighted by Gasteiger charge is -2.42. The van der Waals surface area contributed by atoms with E-state index < -0.39 is 5.91 Å². The normalized spacial score (nSPS) is 19.3. The van der Waals surface area contributed by atoms with Crippen molar-refractivity contribution in [1.82, 2.24) is 44.7 Å². The number of benzene rings is 4. The van der Waals surface area contributed by atoms with E-state index in [2.05, 4.69) is 66.0 Å². The van der Waals surface area contributed by atoms with Gasteiger partial charge in [0.05, 0.1) is 41.4 Å². The van der Waals surface area contributed by atoms with E-state index in [0.29, 0.717) is 87.1 Å². The van der Waals surface area contributed by atoms with E-state index in [1.165, 1.54) is 16.7 Å². The smallest absolute Gasteiger partial charge is 0.318 e. The van der Waals surface area contributed by atoms with Crippen LogP contribution in [0.15, 0.2) is 85.5 Å². The molecule has 4 aliphatic rings. The van der Waals surface area contributed by atoms with Crippen LogP contribution in [0.5, 0.6) is 17.5 Å². The van der Waals surface area contributed by atoms with E-state index in [9.17, 15) is 29.9 Å². The van der Waals surface area contributed by atoms with E-state index in [1.807, 2.05) is 63.4 Å². The number of ether oxygens (including phenoxy) is 1. The summed E-state index contributed by atoms with van der Waals surface area (Å²) in [6.45, 7) is 13.3. The van der Waals surface area contributed by atoms with Crippen LogP contribution in [0.2, 0.25) is 5.02 Å². The number of phenolic OH excluding ortho intramolecular Hbond substituents is 2. The van der Waals surface area contributed by atoms with Crippen molar-refractivity contribution in [2.75, 3.05) is 69.3 Å². The van der Waals surface area contributed by atoms with Gasteiger partial charge in [-0.05, 0) is 105 Å². The molecular weight excluding hydrogens is 998 g/mol. The summed E-state index contributed by atoms with van der Waals surface area (Å²) in [6, 6.07) is 24.8. The second-order valence-corrected chi connectivity index (χ2v) is 21.3. The van der Waals surface area contributed by atoms with Crippen LogP contribution in [0.25, 0.3) is 27.8 Å². The van der Waals surface area contributed by atoms with Crippen molar-refractivity contribution in [3.63, 3.8) is 0 Å². The van der Waals surface area contributed by atoms with Gasteiger partial charge in [0, 0.05) is 85.7 Å². The van der Waals surface area contributed by atoms with Crippen LogP contribution in [0.4, 0.5) is 11.5 Å². The van der Waals surface area contributed by atoms with Crippen LogP contribution in [-0.4, -0.2) is 145 Å². The summed E-state index contributed by atoms with van der Waals surface area (Å²) >= 11 is 6.81. The molecule has 4 aliphatic heterocycles. The SMILES string of the molecule is C=CC(=O)N1CCN(c2nc(OC[C@@H]3C[C@@H](NC(=O)C4CCN(Cc5ccc(-n6c(C(N)=O)nnc6-c6cc(C(C)C)c(O)cc6O)cc5)CC4)CN3C)nc3c2CCN(c2cccc4cccc(Cl)c24)C3)CC1CC#N. The Morgan fingerprint density at radius 1 is 0.948 bits per heavy atom. The molecule has 0 bridgehead atoms. The maximum absolute atomic E-state index is 13.8. The van der Waals surface area contributed by atoms with Gasteiger partial charge in [0.25, 0.3) is 5.91 Å². The number of anilines is 2. The highest BCUT2D eigenvalue weighted by Gasteiger charge is 2.36. The number of aromatic hydroxyl groups is 2. The molecule has 0 aliphatic carbocycles. The lowest BCUT2D eigenvalue weighted by molar-refractivity contribution is -0.128. The number of likely N-dealkylation sites (tertiary alicyclic amines) is 2. The van der Waals surface area contributed by atoms with Crippen LogP contribution >= 0.6 is 11.6 Å². The number of piperazine rings is 1. The van der Waals surface area contributed by atoms with Crippen LogP contribution < -0.4 is 25.6 Å². The number of hydrogen-bond donors (Lipinski definition) is 4. The average molecular weight is 1060 g/mol. The number of piperidine rings is 1. The number of nitrogens with one attached hydrogen (secondary N) is 1. The molecule has 3 atom stereocenters. The molecule has 3 fully saturated rings. The van der Waals surface area contributed by atoms with Crippen molar-refractivity contribution in [3.8, 4) is 40.7 Å². The first-order valence-electron chi connectivity index (χ1n) is 26.3. The molecule has 0 spiro atoms. The van der Waals surface area contributed by atoms with Crippen LogP contribution in [0.1, 0.15) is 78.5 Å². The molecule has 0 saturated carbocycles. The van der Waals surface area contributed by atoms with E-state index in [0.717, 1.165) is 65.0 Å². The van der Waals surface area contributed by atoms with E-state index in [1.54, 1.807) is 11.0 Å². The van der Waals surface area contributed by atoms with Gasteiger partial charge in [0.2, 0.25) is 17.6 Å². The summed E-state index contributed by atoms with van der Waals surface area (Å²) in [6.07, 6.45) is 4.30. The minimum atomic E-state index is -0.779. The average Bonchev–Trinajstić information content (AvgIpc) is 4.03. The van der Waals surface area contributed by atoms with Gasteiger partial charge in [-0.3, -0.25) is 28.8 Å². The molecule has 3 saturated heterocycles. The summed E-state index contributed by atoms with van der Waals surface area (Å²) in [7, 11) is 2.04. The zero-order valence-electron chi connectivity index (χ0n) is 43.6. The molecular formula is C57H64ClN13O6. The standard InChI is InChI=1S/C57H64ClN13O6/c1-5-50(74)70-25-24-69(31-40(70)16-20-59)53-42-19-23-68(47-11-7-9-36-8-6-10-45(58)51(36)47)32-46(42)62-57(63-53)77-33-41-26-38(30-66(41)4)61-56(76)37-17-21-67(22-18-37)29-35-12-14-39(15-13-35)71-54(64-65-55(71)52(60)75)44-27-43(34(2)3)48(72)28-49(44)73/h5-15,27-28,34,37-38,40-41,72-73H,1,16-19,21-26,29-33H2,2-4H3,(H2,60,75)(H,61,76)/t38-,40?,41+/m1/s1. The summed E-state index contributed by atoms with van der Waals surface area (Å²) < 4.78 is 8.04. The molecule has 77 heavy (non-hydrogen) atoms. The van der Waals surface area contributed by atoms with Gasteiger partial charge in [-0.25, -0.2) is 0 Å². The molecule has 5 N–H and O–H groups in total. The number of halogens is 1. The van der Waals surface area contributed by atoms with Gasteiger partial charge in [-0.2, -0.15) is 15.2 Å². The van der Waals surface area contributed by atoms with Crippen molar-refractivity contribution in [3.05, 3.63) is 119 Å². The topological polar surface area (TPSA) is 235 Å². The van der Waals surface area contributed by atoms with Crippen molar-refractivity contribution in [1.29, 1.82) is 5.26 Å². The number of carbonyl (C=O) groups is 3. The Balaban J connectivity index is 0.767. The van der Waals surface area contributed by atoms with Crippen molar-refractivity contribution >= 4 is 51.6 Å². The number of primary amides is 1. The molecule has 400 valence electrons. The summed E-state index contributed by atoms with van der Waals surface area (Å²) in [5.41, 5.74) is 11.2. The maximum atomic E-state index is 13.8. The Hall–Kier alpha value is -7.79. The van der Waals surface area contributed by atoms with Crippen LogP contribution in [-0.2, 0) is 29.1 Å². The highest BCUT2D eigenvalue weighted by atomic mass is 35.5. The van der Waals surface area contributed by atoms with Gasteiger partial charge >= 0.3 is 6.01 Å². The third-order valence-corrected chi connectivity index (χ3v) is 16.0. The molecule has 6 heterocycles. The molecule has 3 amide bonds. The quantitative estimate of drug-likeness (QED) is 0.0824. The van der Waals surface area contributed by atoms with Crippen molar-refractivity contribution < 1.29 is 29.3 Å². The molecule has 1 unspecified atom stereocenters. The second kappa shape index (κ2) is 22.4. The number of hydrogen-bond acceptors (Lipinski definition) is 15. The number of carbonyl (C=O) groups excluding carboxylic acids is 3. The third kappa shape index (κ3) is 11.0. The lowest BCUT2D eigenvalue weighted by Crippen LogP contribution is -2.55. The Kier molecular flexibility index (Phi) is 15.3. The summed E-state index contributed by atoms with van der Waals surface area (Å²) in [5, 5.41) is 45.4. The minimum Gasteiger partial charge on any atom is -0.508 e. The number of likely N-dealkylation sites (N-methyl/N-ethyl adjacent to an activating group) is 1.